The zero-order valence-corrected chi connectivity index (χ0v) is 14.9. The van der Waals surface area contributed by atoms with Crippen LogP contribution in [0.1, 0.15) is 17.2 Å². The number of nitrogens with one attached hydrogen (secondary N) is 1. The van der Waals surface area contributed by atoms with Crippen molar-refractivity contribution in [1.29, 1.82) is 0 Å². The summed E-state index contributed by atoms with van der Waals surface area (Å²) in [6.07, 6.45) is 3.69. The van der Waals surface area contributed by atoms with Gasteiger partial charge in [-0.05, 0) is 23.1 Å². The van der Waals surface area contributed by atoms with Gasteiger partial charge in [-0.25, -0.2) is 0 Å². The van der Waals surface area contributed by atoms with Crippen molar-refractivity contribution in [1.82, 2.24) is 14.9 Å². The number of para-hydroxylation sites is 1. The van der Waals surface area contributed by atoms with Crippen molar-refractivity contribution in [2.75, 3.05) is 26.3 Å². The minimum Gasteiger partial charge on any atom is -0.505 e. The Morgan fingerprint density at radius 3 is 2.70 bits per heavy atom. The van der Waals surface area contributed by atoms with Gasteiger partial charge < -0.3 is 14.8 Å². The number of aromatic nitrogens is 2. The Morgan fingerprint density at radius 1 is 0.963 bits per heavy atom. The van der Waals surface area contributed by atoms with Crippen molar-refractivity contribution in [3.63, 3.8) is 0 Å². The van der Waals surface area contributed by atoms with E-state index in [4.69, 9.17) is 4.74 Å². The third-order valence-corrected chi connectivity index (χ3v) is 5.40. The molecule has 5 nitrogen and oxygen atoms in total. The molecule has 5 heteroatoms. The molecule has 5 rings (SSSR count). The number of nitrogens with zero attached hydrogens (tertiary/aromatic N) is 2. The number of rotatable bonds is 3. The molecule has 1 unspecified atom stereocenters. The van der Waals surface area contributed by atoms with Gasteiger partial charge in [0.25, 0.3) is 0 Å². The molecule has 0 aliphatic carbocycles. The number of aromatic hydroxyl groups is 1. The number of pyridine rings is 1. The van der Waals surface area contributed by atoms with Crippen LogP contribution in [0.4, 0.5) is 0 Å². The highest BCUT2D eigenvalue weighted by Gasteiger charge is 2.29. The average molecular weight is 359 g/mol. The first kappa shape index (κ1) is 16.3. The van der Waals surface area contributed by atoms with Crippen molar-refractivity contribution in [2.45, 2.75) is 6.04 Å². The van der Waals surface area contributed by atoms with Crippen molar-refractivity contribution in [3.05, 3.63) is 72.1 Å². The van der Waals surface area contributed by atoms with Gasteiger partial charge >= 0.3 is 0 Å². The molecule has 0 amide bonds. The summed E-state index contributed by atoms with van der Waals surface area (Å²) in [6, 6.07) is 16.3. The normalized spacial score (nSPS) is 16.7. The van der Waals surface area contributed by atoms with E-state index in [1.165, 1.54) is 5.39 Å². The molecule has 4 aromatic rings. The van der Waals surface area contributed by atoms with Crippen molar-refractivity contribution < 1.29 is 9.84 Å². The number of phenols is 1. The quantitative estimate of drug-likeness (QED) is 0.583. The van der Waals surface area contributed by atoms with E-state index in [0.717, 1.165) is 35.1 Å². The molecule has 1 fully saturated rings. The molecule has 1 aliphatic heterocycles. The Morgan fingerprint density at radius 2 is 1.81 bits per heavy atom. The Bertz CT molecular complexity index is 1100. The second-order valence-electron chi connectivity index (χ2n) is 6.92. The molecule has 2 aromatic carbocycles. The van der Waals surface area contributed by atoms with Crippen LogP contribution in [-0.2, 0) is 4.74 Å². The Hall–Kier alpha value is -2.89. The van der Waals surface area contributed by atoms with Gasteiger partial charge in [0.1, 0.15) is 11.3 Å². The highest BCUT2D eigenvalue weighted by atomic mass is 16.5. The lowest BCUT2D eigenvalue weighted by atomic mass is 9.93. The first-order valence-corrected chi connectivity index (χ1v) is 9.27. The summed E-state index contributed by atoms with van der Waals surface area (Å²) in [5.41, 5.74) is 3.79. The van der Waals surface area contributed by atoms with Crippen LogP contribution in [0.5, 0.6) is 5.75 Å². The van der Waals surface area contributed by atoms with E-state index in [0.29, 0.717) is 18.7 Å². The average Bonchev–Trinajstić information content (AvgIpc) is 3.21. The van der Waals surface area contributed by atoms with E-state index in [9.17, 15) is 5.11 Å². The second-order valence-corrected chi connectivity index (χ2v) is 6.92. The number of hydrogen-bond donors (Lipinski definition) is 2. The fourth-order valence-corrected chi connectivity index (χ4v) is 4.10. The summed E-state index contributed by atoms with van der Waals surface area (Å²) in [7, 11) is 0. The van der Waals surface area contributed by atoms with Crippen LogP contribution < -0.4 is 0 Å². The van der Waals surface area contributed by atoms with Gasteiger partial charge in [0.2, 0.25) is 0 Å². The lowest BCUT2D eigenvalue weighted by Crippen LogP contribution is -2.39. The number of fused-ring (bicyclic) bond motifs is 2. The van der Waals surface area contributed by atoms with Crippen molar-refractivity contribution in [3.8, 4) is 5.75 Å². The largest absolute Gasteiger partial charge is 0.505 e. The number of benzene rings is 2. The third kappa shape index (κ3) is 2.76. The monoisotopic (exact) mass is 359 g/mol. The number of ether oxygens (including phenoxy) is 1. The minimum absolute atomic E-state index is 0.0670. The van der Waals surface area contributed by atoms with Gasteiger partial charge in [-0.1, -0.05) is 36.4 Å². The van der Waals surface area contributed by atoms with Crippen LogP contribution in [0.15, 0.2) is 60.9 Å². The van der Waals surface area contributed by atoms with E-state index in [-0.39, 0.29) is 11.8 Å². The molecule has 3 heterocycles. The van der Waals surface area contributed by atoms with Crippen LogP contribution in [0, 0.1) is 0 Å². The Balaban J connectivity index is 1.73. The first-order valence-electron chi connectivity index (χ1n) is 9.27. The maximum Gasteiger partial charge on any atom is 0.146 e. The first-order chi connectivity index (χ1) is 13.3. The smallest absolute Gasteiger partial charge is 0.146 e. The summed E-state index contributed by atoms with van der Waals surface area (Å²) < 4.78 is 5.57. The summed E-state index contributed by atoms with van der Waals surface area (Å²) in [5.74, 6) is 0.258. The predicted molar refractivity (Wildman–Crippen MR) is 106 cm³/mol. The molecule has 136 valence electrons. The third-order valence-electron chi connectivity index (χ3n) is 5.40. The molecule has 2 aromatic heterocycles. The number of hydrogen-bond acceptors (Lipinski definition) is 4. The molecular formula is C22H21N3O2. The summed E-state index contributed by atoms with van der Waals surface area (Å²) >= 11 is 0. The van der Waals surface area contributed by atoms with Crippen LogP contribution in [0.25, 0.3) is 21.8 Å². The molecule has 0 radical (unpaired) electrons. The number of aromatic amines is 1. The minimum atomic E-state index is -0.0670. The fourth-order valence-electron chi connectivity index (χ4n) is 4.10. The summed E-state index contributed by atoms with van der Waals surface area (Å²) in [6.45, 7) is 3.04. The zero-order valence-electron chi connectivity index (χ0n) is 14.9. The van der Waals surface area contributed by atoms with Gasteiger partial charge in [-0.15, -0.1) is 0 Å². The topological polar surface area (TPSA) is 61.4 Å². The number of phenolic OH excluding ortho intramolecular Hbond substituents is 1. The van der Waals surface area contributed by atoms with E-state index in [1.54, 1.807) is 6.20 Å². The van der Waals surface area contributed by atoms with E-state index in [2.05, 4.69) is 39.1 Å². The number of morpholine rings is 1. The van der Waals surface area contributed by atoms with Gasteiger partial charge in [-0.3, -0.25) is 9.88 Å². The molecular weight excluding hydrogens is 338 g/mol. The molecule has 1 atom stereocenters. The second kappa shape index (κ2) is 6.68. The van der Waals surface area contributed by atoms with Gasteiger partial charge in [0.05, 0.1) is 24.8 Å². The Labute approximate surface area is 157 Å². The van der Waals surface area contributed by atoms with E-state index >= 15 is 0 Å². The molecule has 0 saturated carbocycles. The van der Waals surface area contributed by atoms with Crippen LogP contribution in [-0.4, -0.2) is 46.3 Å². The van der Waals surface area contributed by atoms with Gasteiger partial charge in [0, 0.05) is 36.4 Å². The van der Waals surface area contributed by atoms with Gasteiger partial charge in [0.15, 0.2) is 0 Å². The molecule has 0 bridgehead atoms. The highest BCUT2D eigenvalue weighted by Crippen LogP contribution is 2.40. The molecule has 2 N–H and O–H groups in total. The number of H-pyrrole nitrogens is 1. The standard InChI is InChI=1S/C22H21N3O2/c26-22-18(7-6-15-4-2-9-23-20(15)22)21(25-11-13-27-14-12-25)17-5-1-3-16-8-10-24-19(16)17/h1-10,21,24,26H,11-14H2. The van der Waals surface area contributed by atoms with Crippen molar-refractivity contribution >= 4 is 21.8 Å². The van der Waals surface area contributed by atoms with Crippen LogP contribution in [0.2, 0.25) is 0 Å². The van der Waals surface area contributed by atoms with Crippen LogP contribution >= 0.6 is 0 Å². The predicted octanol–water partition coefficient (Wildman–Crippen LogP) is 3.84. The maximum absolute atomic E-state index is 11.1. The van der Waals surface area contributed by atoms with Gasteiger partial charge in [-0.2, -0.15) is 0 Å². The molecule has 0 spiro atoms. The van der Waals surface area contributed by atoms with E-state index < -0.39 is 0 Å². The lowest BCUT2D eigenvalue weighted by molar-refractivity contribution is 0.0238. The zero-order chi connectivity index (χ0) is 18.2. The van der Waals surface area contributed by atoms with E-state index in [1.807, 2.05) is 30.5 Å². The van der Waals surface area contributed by atoms with Crippen LogP contribution in [0.3, 0.4) is 0 Å². The lowest BCUT2D eigenvalue weighted by Gasteiger charge is -2.35. The molecule has 1 aliphatic rings. The fraction of sp³-hybridized carbons (Fsp3) is 0.227. The maximum atomic E-state index is 11.1. The summed E-state index contributed by atoms with van der Waals surface area (Å²) in [4.78, 5) is 10.2. The highest BCUT2D eigenvalue weighted by molar-refractivity contribution is 5.87. The summed E-state index contributed by atoms with van der Waals surface area (Å²) in [5, 5.41) is 13.2. The SMILES string of the molecule is Oc1c(C(c2cccc3cc[nH]c23)N2CCOCC2)ccc2cccnc12. The Kier molecular flexibility index (Phi) is 4.03. The molecule has 1 saturated heterocycles. The van der Waals surface area contributed by atoms with Crippen molar-refractivity contribution in [2.24, 2.45) is 0 Å². The molecule has 27 heavy (non-hydrogen) atoms.